The van der Waals surface area contributed by atoms with Gasteiger partial charge in [0.25, 0.3) is 0 Å². The van der Waals surface area contributed by atoms with Gasteiger partial charge in [0, 0.05) is 24.9 Å². The van der Waals surface area contributed by atoms with Gasteiger partial charge < -0.3 is 15.4 Å². The van der Waals surface area contributed by atoms with Crippen LogP contribution in [0.25, 0.3) is 0 Å². The van der Waals surface area contributed by atoms with E-state index < -0.39 is 17.9 Å². The first-order chi connectivity index (χ1) is 13.5. The van der Waals surface area contributed by atoms with Gasteiger partial charge in [-0.15, -0.1) is 0 Å². The molecule has 0 radical (unpaired) electrons. The predicted octanol–water partition coefficient (Wildman–Crippen LogP) is 1.52. The number of unbranched alkanes of at least 4 members (excludes halogenated alkanes) is 1. The summed E-state index contributed by atoms with van der Waals surface area (Å²) in [6, 6.07) is 8.25. The van der Waals surface area contributed by atoms with Gasteiger partial charge >= 0.3 is 5.97 Å². The van der Waals surface area contributed by atoms with Gasteiger partial charge in [0.1, 0.15) is 6.04 Å². The molecule has 0 saturated carbocycles. The maximum atomic E-state index is 12.0. The Morgan fingerprint density at radius 3 is 2.14 bits per heavy atom. The van der Waals surface area contributed by atoms with Crippen LogP contribution >= 0.6 is 0 Å². The standard InChI is InChI=1S/C19H27N3O6/c1-28-19(26)15(10-7-13-18(25)22-27)21-17(24)12-6-5-11-16(23)20-14-8-3-2-4-9-14/h2-4,8-9,15,27H,5-7,10-13H2,1H3,(H,20,23)(H,21,24)(H,22,25)/t15-/m1/s1. The Morgan fingerprint density at radius 1 is 0.929 bits per heavy atom. The Kier molecular flexibility index (Phi) is 10.9. The molecule has 1 aromatic rings. The van der Waals surface area contributed by atoms with Gasteiger partial charge in [-0.25, -0.2) is 10.3 Å². The largest absolute Gasteiger partial charge is 0.467 e. The molecule has 28 heavy (non-hydrogen) atoms. The maximum absolute atomic E-state index is 12.0. The second-order valence-electron chi connectivity index (χ2n) is 6.19. The number of para-hydroxylation sites is 1. The summed E-state index contributed by atoms with van der Waals surface area (Å²) < 4.78 is 4.65. The number of rotatable bonds is 12. The summed E-state index contributed by atoms with van der Waals surface area (Å²) in [6.07, 6.45) is 2.02. The number of methoxy groups -OCH3 is 1. The Bertz CT molecular complexity index is 650. The summed E-state index contributed by atoms with van der Waals surface area (Å²) in [5.74, 6) is -1.62. The van der Waals surface area contributed by atoms with E-state index in [4.69, 9.17) is 5.21 Å². The van der Waals surface area contributed by atoms with Crippen LogP contribution in [-0.2, 0) is 23.9 Å². The smallest absolute Gasteiger partial charge is 0.328 e. The number of esters is 1. The second-order valence-corrected chi connectivity index (χ2v) is 6.19. The highest BCUT2D eigenvalue weighted by atomic mass is 16.5. The molecule has 4 N–H and O–H groups in total. The fraction of sp³-hybridized carbons (Fsp3) is 0.474. The van der Waals surface area contributed by atoms with E-state index in [0.29, 0.717) is 25.7 Å². The van der Waals surface area contributed by atoms with Gasteiger partial charge in [-0.2, -0.15) is 0 Å². The molecule has 154 valence electrons. The molecule has 0 aliphatic rings. The minimum Gasteiger partial charge on any atom is -0.467 e. The van der Waals surface area contributed by atoms with Gasteiger partial charge in [-0.05, 0) is 37.8 Å². The molecule has 0 spiro atoms. The zero-order valence-corrected chi connectivity index (χ0v) is 15.9. The van der Waals surface area contributed by atoms with Gasteiger partial charge in [-0.1, -0.05) is 18.2 Å². The lowest BCUT2D eigenvalue weighted by Crippen LogP contribution is -2.41. The number of carbonyl (C=O) groups excluding carboxylic acids is 4. The van der Waals surface area contributed by atoms with Crippen molar-refractivity contribution in [2.75, 3.05) is 12.4 Å². The maximum Gasteiger partial charge on any atom is 0.328 e. The number of amides is 3. The van der Waals surface area contributed by atoms with Crippen molar-refractivity contribution in [3.63, 3.8) is 0 Å². The number of hydrogen-bond donors (Lipinski definition) is 4. The summed E-state index contributed by atoms with van der Waals surface area (Å²) in [6.45, 7) is 0. The molecule has 0 unspecified atom stereocenters. The van der Waals surface area contributed by atoms with Crippen molar-refractivity contribution >= 4 is 29.4 Å². The molecule has 0 heterocycles. The number of hydroxylamine groups is 1. The Balaban J connectivity index is 2.28. The number of ether oxygens (including phenoxy) is 1. The highest BCUT2D eigenvalue weighted by Gasteiger charge is 2.21. The summed E-state index contributed by atoms with van der Waals surface area (Å²) in [5.41, 5.74) is 2.23. The van der Waals surface area contributed by atoms with Gasteiger partial charge in [-0.3, -0.25) is 19.6 Å². The third kappa shape index (κ3) is 9.67. The van der Waals surface area contributed by atoms with Gasteiger partial charge in [0.2, 0.25) is 17.7 Å². The van der Waals surface area contributed by atoms with Crippen LogP contribution in [0.3, 0.4) is 0 Å². The van der Waals surface area contributed by atoms with Crippen LogP contribution in [0.4, 0.5) is 5.69 Å². The van der Waals surface area contributed by atoms with Gasteiger partial charge in [0.15, 0.2) is 0 Å². The summed E-state index contributed by atoms with van der Waals surface area (Å²) in [4.78, 5) is 46.6. The molecule has 0 aliphatic heterocycles. The number of carbonyl (C=O) groups is 4. The van der Waals surface area contributed by atoms with Crippen molar-refractivity contribution in [3.8, 4) is 0 Å². The van der Waals surface area contributed by atoms with Crippen molar-refractivity contribution in [2.24, 2.45) is 0 Å². The Morgan fingerprint density at radius 2 is 1.54 bits per heavy atom. The molecule has 9 nitrogen and oxygen atoms in total. The minimum absolute atomic E-state index is 0.0242. The van der Waals surface area contributed by atoms with E-state index >= 15 is 0 Å². The molecule has 0 aromatic heterocycles. The summed E-state index contributed by atoms with van der Waals surface area (Å²) in [7, 11) is 1.22. The van der Waals surface area contributed by atoms with Crippen molar-refractivity contribution in [1.82, 2.24) is 10.8 Å². The monoisotopic (exact) mass is 393 g/mol. The molecule has 0 bridgehead atoms. The second kappa shape index (κ2) is 13.3. The molecule has 1 atom stereocenters. The number of benzene rings is 1. The van der Waals surface area contributed by atoms with E-state index in [1.807, 2.05) is 18.2 Å². The fourth-order valence-electron chi connectivity index (χ4n) is 2.50. The molecule has 0 saturated heterocycles. The van der Waals surface area contributed by atoms with Crippen LogP contribution in [0.1, 0.15) is 44.9 Å². The minimum atomic E-state index is -0.856. The quantitative estimate of drug-likeness (QED) is 0.184. The van der Waals surface area contributed by atoms with E-state index in [2.05, 4.69) is 15.4 Å². The summed E-state index contributed by atoms with van der Waals surface area (Å²) >= 11 is 0. The first kappa shape index (κ1) is 23.1. The van der Waals surface area contributed by atoms with E-state index in [-0.39, 0.29) is 31.1 Å². The number of nitrogens with one attached hydrogen (secondary N) is 3. The van der Waals surface area contributed by atoms with Crippen molar-refractivity contribution in [3.05, 3.63) is 30.3 Å². The molecule has 1 aromatic carbocycles. The number of anilines is 1. The third-order valence-corrected chi connectivity index (χ3v) is 3.96. The van der Waals surface area contributed by atoms with E-state index in [1.54, 1.807) is 12.1 Å². The zero-order chi connectivity index (χ0) is 20.8. The van der Waals surface area contributed by atoms with Crippen molar-refractivity contribution in [1.29, 1.82) is 0 Å². The molecule has 3 amide bonds. The van der Waals surface area contributed by atoms with Crippen LogP contribution in [-0.4, -0.2) is 42.0 Å². The topological polar surface area (TPSA) is 134 Å². The van der Waals surface area contributed by atoms with Gasteiger partial charge in [0.05, 0.1) is 7.11 Å². The van der Waals surface area contributed by atoms with E-state index in [1.165, 1.54) is 12.6 Å². The Labute approximate surface area is 163 Å². The van der Waals surface area contributed by atoms with E-state index in [9.17, 15) is 19.2 Å². The lowest BCUT2D eigenvalue weighted by atomic mass is 10.1. The van der Waals surface area contributed by atoms with Crippen LogP contribution in [0.15, 0.2) is 30.3 Å². The molecule has 0 fully saturated rings. The first-order valence-electron chi connectivity index (χ1n) is 9.11. The van der Waals surface area contributed by atoms with Crippen LogP contribution in [0.5, 0.6) is 0 Å². The average molecular weight is 393 g/mol. The molecule has 0 aliphatic carbocycles. The van der Waals surface area contributed by atoms with Crippen LogP contribution in [0, 0.1) is 0 Å². The first-order valence-corrected chi connectivity index (χ1v) is 9.11. The molecule has 1 rings (SSSR count). The fourth-order valence-corrected chi connectivity index (χ4v) is 2.50. The zero-order valence-electron chi connectivity index (χ0n) is 15.9. The molecule has 9 heteroatoms. The lowest BCUT2D eigenvalue weighted by Gasteiger charge is -2.16. The van der Waals surface area contributed by atoms with E-state index in [0.717, 1.165) is 5.69 Å². The highest BCUT2D eigenvalue weighted by molar-refractivity contribution is 5.90. The predicted molar refractivity (Wildman–Crippen MR) is 101 cm³/mol. The average Bonchev–Trinajstić information content (AvgIpc) is 2.70. The lowest BCUT2D eigenvalue weighted by molar-refractivity contribution is -0.145. The highest BCUT2D eigenvalue weighted by Crippen LogP contribution is 2.08. The third-order valence-electron chi connectivity index (χ3n) is 3.96. The SMILES string of the molecule is COC(=O)[C@@H](CCCC(=O)NO)NC(=O)CCCCC(=O)Nc1ccccc1. The Hall–Kier alpha value is -2.94. The summed E-state index contributed by atoms with van der Waals surface area (Å²) in [5, 5.41) is 13.8. The van der Waals surface area contributed by atoms with Crippen molar-refractivity contribution < 1.29 is 29.1 Å². The van der Waals surface area contributed by atoms with Crippen LogP contribution in [0.2, 0.25) is 0 Å². The van der Waals surface area contributed by atoms with Crippen LogP contribution < -0.4 is 16.1 Å². The molecular formula is C19H27N3O6. The normalized spacial score (nSPS) is 11.2. The molecular weight excluding hydrogens is 366 g/mol. The number of hydrogen-bond acceptors (Lipinski definition) is 6. The van der Waals surface area contributed by atoms with Crippen molar-refractivity contribution in [2.45, 2.75) is 51.0 Å².